The van der Waals surface area contributed by atoms with E-state index in [0.717, 1.165) is 16.7 Å². The Hall–Kier alpha value is -2.35. The molecule has 0 aromatic heterocycles. The van der Waals surface area contributed by atoms with Gasteiger partial charge in [-0.15, -0.1) is 0 Å². The molecular weight excluding hydrogens is 248 g/mol. The largest absolute Gasteiger partial charge is 0.463 e. The molecule has 0 saturated heterocycles. The standard InChI is InChI=1S/C18H18O2/c1-3-20-18(19)14(2)12-15-8-7-11-17(13-15)16-9-5-4-6-10-16/h4-13H,3H2,1-2H3. The van der Waals surface area contributed by atoms with Crippen LogP contribution < -0.4 is 0 Å². The highest BCUT2D eigenvalue weighted by molar-refractivity contribution is 5.93. The van der Waals surface area contributed by atoms with Crippen LogP contribution in [0.1, 0.15) is 19.4 Å². The van der Waals surface area contributed by atoms with Crippen LogP contribution in [0.4, 0.5) is 0 Å². The Labute approximate surface area is 119 Å². The second-order valence-electron chi connectivity index (χ2n) is 4.54. The Morgan fingerprint density at radius 1 is 1.05 bits per heavy atom. The highest BCUT2D eigenvalue weighted by atomic mass is 16.5. The van der Waals surface area contributed by atoms with Crippen LogP contribution >= 0.6 is 0 Å². The van der Waals surface area contributed by atoms with Crippen molar-refractivity contribution in [2.24, 2.45) is 0 Å². The van der Waals surface area contributed by atoms with Crippen LogP contribution in [0, 0.1) is 0 Å². The van der Waals surface area contributed by atoms with Crippen molar-refractivity contribution in [3.05, 3.63) is 65.7 Å². The van der Waals surface area contributed by atoms with Crippen LogP contribution in [-0.2, 0) is 9.53 Å². The van der Waals surface area contributed by atoms with E-state index in [1.165, 1.54) is 0 Å². The van der Waals surface area contributed by atoms with Gasteiger partial charge in [0.2, 0.25) is 0 Å². The first-order chi connectivity index (χ1) is 9.70. The molecule has 0 aliphatic carbocycles. The Morgan fingerprint density at radius 3 is 2.45 bits per heavy atom. The fraction of sp³-hybridized carbons (Fsp3) is 0.167. The Kier molecular flexibility index (Phi) is 4.72. The van der Waals surface area contributed by atoms with E-state index in [2.05, 4.69) is 24.3 Å². The van der Waals surface area contributed by atoms with Gasteiger partial charge in [-0.1, -0.05) is 48.5 Å². The molecule has 0 fully saturated rings. The van der Waals surface area contributed by atoms with Crippen molar-refractivity contribution in [2.75, 3.05) is 6.61 Å². The van der Waals surface area contributed by atoms with Crippen molar-refractivity contribution >= 4 is 12.0 Å². The zero-order valence-corrected chi connectivity index (χ0v) is 11.8. The lowest BCUT2D eigenvalue weighted by molar-refractivity contribution is -0.138. The van der Waals surface area contributed by atoms with Gasteiger partial charge in [-0.05, 0) is 42.7 Å². The van der Waals surface area contributed by atoms with Crippen molar-refractivity contribution in [1.29, 1.82) is 0 Å². The van der Waals surface area contributed by atoms with E-state index in [-0.39, 0.29) is 5.97 Å². The maximum atomic E-state index is 11.6. The van der Waals surface area contributed by atoms with Gasteiger partial charge in [0, 0.05) is 5.57 Å². The number of esters is 1. The van der Waals surface area contributed by atoms with E-state index >= 15 is 0 Å². The number of benzene rings is 2. The lowest BCUT2D eigenvalue weighted by Gasteiger charge is -2.04. The predicted molar refractivity (Wildman–Crippen MR) is 82.2 cm³/mol. The zero-order valence-electron chi connectivity index (χ0n) is 11.8. The fourth-order valence-electron chi connectivity index (χ4n) is 1.99. The fourth-order valence-corrected chi connectivity index (χ4v) is 1.99. The molecule has 0 spiro atoms. The molecule has 0 amide bonds. The molecule has 2 heteroatoms. The van der Waals surface area contributed by atoms with Gasteiger partial charge in [0.1, 0.15) is 0 Å². The van der Waals surface area contributed by atoms with E-state index in [1.54, 1.807) is 13.8 Å². The summed E-state index contributed by atoms with van der Waals surface area (Å²) in [5, 5.41) is 0. The van der Waals surface area contributed by atoms with Gasteiger partial charge in [0.15, 0.2) is 0 Å². The van der Waals surface area contributed by atoms with E-state index in [1.807, 2.05) is 36.4 Å². The number of carbonyl (C=O) groups is 1. The average molecular weight is 266 g/mol. The second kappa shape index (κ2) is 6.71. The van der Waals surface area contributed by atoms with E-state index in [9.17, 15) is 4.79 Å². The molecule has 0 N–H and O–H groups in total. The third-order valence-corrected chi connectivity index (χ3v) is 2.97. The third kappa shape index (κ3) is 3.58. The van der Waals surface area contributed by atoms with Crippen LogP contribution in [0.25, 0.3) is 17.2 Å². The normalized spacial score (nSPS) is 11.2. The summed E-state index contributed by atoms with van der Waals surface area (Å²) in [6.45, 7) is 3.97. The number of hydrogen-bond donors (Lipinski definition) is 0. The minimum atomic E-state index is -0.266. The summed E-state index contributed by atoms with van der Waals surface area (Å²) in [6, 6.07) is 18.3. The van der Waals surface area contributed by atoms with Crippen LogP contribution in [0.2, 0.25) is 0 Å². The summed E-state index contributed by atoms with van der Waals surface area (Å²) < 4.78 is 4.98. The highest BCUT2D eigenvalue weighted by Crippen LogP contribution is 2.21. The summed E-state index contributed by atoms with van der Waals surface area (Å²) in [5.41, 5.74) is 3.90. The molecule has 0 atom stereocenters. The van der Waals surface area contributed by atoms with Gasteiger partial charge in [0.25, 0.3) is 0 Å². The molecule has 2 aromatic rings. The van der Waals surface area contributed by atoms with Crippen LogP contribution in [0.5, 0.6) is 0 Å². The predicted octanol–water partition coefficient (Wildman–Crippen LogP) is 4.32. The number of hydrogen-bond acceptors (Lipinski definition) is 2. The molecular formula is C18H18O2. The molecule has 102 valence electrons. The van der Waals surface area contributed by atoms with Gasteiger partial charge in [-0.3, -0.25) is 0 Å². The van der Waals surface area contributed by atoms with Crippen molar-refractivity contribution < 1.29 is 9.53 Å². The number of rotatable bonds is 4. The first kappa shape index (κ1) is 14.1. The molecule has 2 aromatic carbocycles. The monoisotopic (exact) mass is 266 g/mol. The molecule has 0 aliphatic heterocycles. The third-order valence-electron chi connectivity index (χ3n) is 2.97. The summed E-state index contributed by atoms with van der Waals surface area (Å²) in [7, 11) is 0. The van der Waals surface area contributed by atoms with E-state index < -0.39 is 0 Å². The first-order valence-electron chi connectivity index (χ1n) is 6.71. The highest BCUT2D eigenvalue weighted by Gasteiger charge is 2.04. The average Bonchev–Trinajstić information content (AvgIpc) is 2.48. The van der Waals surface area contributed by atoms with E-state index in [4.69, 9.17) is 4.74 Å². The first-order valence-corrected chi connectivity index (χ1v) is 6.71. The molecule has 2 rings (SSSR count). The van der Waals surface area contributed by atoms with Crippen molar-refractivity contribution in [1.82, 2.24) is 0 Å². The minimum Gasteiger partial charge on any atom is -0.463 e. The summed E-state index contributed by atoms with van der Waals surface area (Å²) in [4.78, 5) is 11.6. The quantitative estimate of drug-likeness (QED) is 0.608. The van der Waals surface area contributed by atoms with Crippen molar-refractivity contribution in [2.45, 2.75) is 13.8 Å². The van der Waals surface area contributed by atoms with Gasteiger partial charge in [0.05, 0.1) is 6.61 Å². The molecule has 0 bridgehead atoms. The minimum absolute atomic E-state index is 0.266. The maximum absolute atomic E-state index is 11.6. The Balaban J connectivity index is 2.27. The van der Waals surface area contributed by atoms with Gasteiger partial charge in [-0.2, -0.15) is 0 Å². The molecule has 20 heavy (non-hydrogen) atoms. The lowest BCUT2D eigenvalue weighted by atomic mass is 10.0. The van der Waals surface area contributed by atoms with Gasteiger partial charge in [-0.25, -0.2) is 4.79 Å². The van der Waals surface area contributed by atoms with E-state index in [0.29, 0.717) is 12.2 Å². The topological polar surface area (TPSA) is 26.3 Å². The zero-order chi connectivity index (χ0) is 14.4. The van der Waals surface area contributed by atoms with Crippen molar-refractivity contribution in [3.8, 4) is 11.1 Å². The smallest absolute Gasteiger partial charge is 0.333 e. The summed E-state index contributed by atoms with van der Waals surface area (Å²) >= 11 is 0. The second-order valence-corrected chi connectivity index (χ2v) is 4.54. The maximum Gasteiger partial charge on any atom is 0.333 e. The summed E-state index contributed by atoms with van der Waals surface area (Å²) in [6.07, 6.45) is 1.85. The molecule has 0 heterocycles. The Morgan fingerprint density at radius 2 is 1.75 bits per heavy atom. The molecule has 0 aliphatic rings. The lowest BCUT2D eigenvalue weighted by Crippen LogP contribution is -2.04. The SMILES string of the molecule is CCOC(=O)C(C)=Cc1cccc(-c2ccccc2)c1. The number of carbonyl (C=O) groups excluding carboxylic acids is 1. The van der Waals surface area contributed by atoms with Crippen LogP contribution in [0.3, 0.4) is 0 Å². The molecule has 0 saturated carbocycles. The van der Waals surface area contributed by atoms with Gasteiger partial charge >= 0.3 is 5.97 Å². The van der Waals surface area contributed by atoms with Crippen LogP contribution in [-0.4, -0.2) is 12.6 Å². The Bertz CT molecular complexity index is 612. The summed E-state index contributed by atoms with van der Waals surface area (Å²) in [5.74, 6) is -0.266. The molecule has 0 radical (unpaired) electrons. The van der Waals surface area contributed by atoms with Crippen LogP contribution in [0.15, 0.2) is 60.2 Å². The van der Waals surface area contributed by atoms with Crippen molar-refractivity contribution in [3.63, 3.8) is 0 Å². The molecule has 0 unspecified atom stereocenters. The number of ether oxygens (including phenoxy) is 1. The molecule has 2 nitrogen and oxygen atoms in total. The van der Waals surface area contributed by atoms with Gasteiger partial charge < -0.3 is 4.74 Å².